The number of alkyl carbamates (subject to hydrolysis) is 1. The maximum Gasteiger partial charge on any atom is 0.408 e. The van der Waals surface area contributed by atoms with Gasteiger partial charge in [0.1, 0.15) is 30.9 Å². The van der Waals surface area contributed by atoms with Crippen molar-refractivity contribution in [1.29, 1.82) is 0 Å². The predicted molar refractivity (Wildman–Crippen MR) is 145 cm³/mol. The summed E-state index contributed by atoms with van der Waals surface area (Å²) in [6.45, 7) is 8.03. The van der Waals surface area contributed by atoms with Gasteiger partial charge in [0, 0.05) is 5.02 Å². The number of carbonyl (C=O) groups excluding carboxylic acids is 2. The molecule has 4 rings (SSSR count). The number of halogens is 1. The van der Waals surface area contributed by atoms with E-state index in [0.717, 1.165) is 33.0 Å². The van der Waals surface area contributed by atoms with Crippen LogP contribution < -0.4 is 19.5 Å². The van der Waals surface area contributed by atoms with Crippen LogP contribution in [-0.2, 0) is 22.6 Å². The molecular formula is C30H32ClNO6. The van der Waals surface area contributed by atoms with E-state index in [0.29, 0.717) is 37.4 Å². The van der Waals surface area contributed by atoms with E-state index < -0.39 is 17.7 Å². The Kier molecular flexibility index (Phi) is 8.47. The zero-order valence-corrected chi connectivity index (χ0v) is 22.7. The van der Waals surface area contributed by atoms with E-state index in [1.807, 2.05) is 67.6 Å². The number of nitrogens with one attached hydrogen (secondary N) is 1. The number of benzene rings is 3. The second-order valence-corrected chi connectivity index (χ2v) is 10.6. The first-order valence-corrected chi connectivity index (χ1v) is 12.8. The summed E-state index contributed by atoms with van der Waals surface area (Å²) >= 11 is 6.20. The van der Waals surface area contributed by atoms with Gasteiger partial charge < -0.3 is 29.1 Å². The van der Waals surface area contributed by atoms with Crippen LogP contribution in [0.1, 0.15) is 49.1 Å². The first-order valence-electron chi connectivity index (χ1n) is 12.4. The number of aryl methyl sites for hydroxylation is 1. The van der Waals surface area contributed by atoms with Crippen LogP contribution in [0, 0.1) is 6.92 Å². The molecule has 0 saturated carbocycles. The topological polar surface area (TPSA) is 83.1 Å². The smallest absolute Gasteiger partial charge is 0.408 e. The van der Waals surface area contributed by atoms with Gasteiger partial charge in [0.05, 0.1) is 6.04 Å². The Morgan fingerprint density at radius 3 is 2.50 bits per heavy atom. The van der Waals surface area contributed by atoms with E-state index in [1.165, 1.54) is 0 Å². The molecule has 0 aliphatic carbocycles. The molecule has 0 aromatic heterocycles. The van der Waals surface area contributed by atoms with Crippen LogP contribution in [0.25, 0.3) is 0 Å². The van der Waals surface area contributed by atoms with Gasteiger partial charge in [-0.15, -0.1) is 0 Å². The molecule has 1 aliphatic heterocycles. The van der Waals surface area contributed by atoms with E-state index in [-0.39, 0.29) is 6.10 Å². The molecule has 0 bridgehead atoms. The number of hydrogen-bond acceptors (Lipinski definition) is 6. The summed E-state index contributed by atoms with van der Waals surface area (Å²) in [6, 6.07) is 18.4. The lowest BCUT2D eigenvalue weighted by Gasteiger charge is -2.27. The first-order chi connectivity index (χ1) is 18.1. The SMILES string of the molecule is Cc1ccc(COc2ccc(C3COc4cc(C[C@@H](C=O)NC(=O)OC(C)(C)C)ccc4O3)cc2)cc1Cl. The zero-order valence-electron chi connectivity index (χ0n) is 22.0. The molecule has 1 N–H and O–H groups in total. The summed E-state index contributed by atoms with van der Waals surface area (Å²) in [7, 11) is 0. The van der Waals surface area contributed by atoms with Crippen molar-refractivity contribution in [3.8, 4) is 17.2 Å². The highest BCUT2D eigenvalue weighted by molar-refractivity contribution is 6.31. The molecular weight excluding hydrogens is 506 g/mol. The Hall–Kier alpha value is -3.71. The van der Waals surface area contributed by atoms with E-state index in [2.05, 4.69) is 5.32 Å². The second-order valence-electron chi connectivity index (χ2n) is 10.2. The summed E-state index contributed by atoms with van der Waals surface area (Å²) < 4.78 is 23.3. The fourth-order valence-electron chi connectivity index (χ4n) is 3.92. The molecule has 1 heterocycles. The van der Waals surface area contributed by atoms with Crippen LogP contribution in [0.15, 0.2) is 60.7 Å². The van der Waals surface area contributed by atoms with Crippen molar-refractivity contribution in [3.05, 3.63) is 87.9 Å². The van der Waals surface area contributed by atoms with Crippen molar-refractivity contribution >= 4 is 24.0 Å². The Morgan fingerprint density at radius 1 is 1.08 bits per heavy atom. The highest BCUT2D eigenvalue weighted by Crippen LogP contribution is 2.37. The Balaban J connectivity index is 1.33. The van der Waals surface area contributed by atoms with Gasteiger partial charge in [0.25, 0.3) is 0 Å². The fraction of sp³-hybridized carbons (Fsp3) is 0.333. The molecule has 3 aromatic rings. The molecule has 38 heavy (non-hydrogen) atoms. The summed E-state index contributed by atoms with van der Waals surface area (Å²) in [6.07, 6.45) is 0.0971. The van der Waals surface area contributed by atoms with Crippen LogP contribution in [0.5, 0.6) is 17.2 Å². The quantitative estimate of drug-likeness (QED) is 0.336. The number of rotatable bonds is 8. The molecule has 1 aliphatic rings. The lowest BCUT2D eigenvalue weighted by Crippen LogP contribution is -2.41. The van der Waals surface area contributed by atoms with E-state index in [1.54, 1.807) is 20.8 Å². The number of hydrogen-bond donors (Lipinski definition) is 1. The largest absolute Gasteiger partial charge is 0.489 e. The molecule has 0 fully saturated rings. The molecule has 0 spiro atoms. The standard InChI is InChI=1S/C30H32ClNO6/c1-19-5-6-21(14-25(19)31)17-35-24-10-8-22(9-11-24)28-18-36-27-15-20(7-12-26(27)37-28)13-23(16-33)32-29(34)38-30(2,3)4/h5-12,14-16,23,28H,13,17-18H2,1-4H3,(H,32,34)/t23-,28?/m0/s1. The fourth-order valence-corrected chi connectivity index (χ4v) is 4.13. The maximum atomic E-state index is 12.0. The average molecular weight is 538 g/mol. The summed E-state index contributed by atoms with van der Waals surface area (Å²) in [4.78, 5) is 23.5. The van der Waals surface area contributed by atoms with Crippen molar-refractivity contribution in [1.82, 2.24) is 5.32 Å². The highest BCUT2D eigenvalue weighted by atomic mass is 35.5. The van der Waals surface area contributed by atoms with Crippen molar-refractivity contribution in [2.45, 2.75) is 58.5 Å². The third-order valence-electron chi connectivity index (χ3n) is 5.88. The molecule has 8 heteroatoms. The molecule has 3 aromatic carbocycles. The number of fused-ring (bicyclic) bond motifs is 1. The van der Waals surface area contributed by atoms with E-state index in [9.17, 15) is 9.59 Å². The average Bonchev–Trinajstić information content (AvgIpc) is 2.88. The van der Waals surface area contributed by atoms with Gasteiger partial charge in [-0.05, 0) is 86.7 Å². The Bertz CT molecular complexity index is 1280. The zero-order chi connectivity index (χ0) is 27.3. The van der Waals surface area contributed by atoms with Gasteiger partial charge in [0.15, 0.2) is 17.6 Å². The van der Waals surface area contributed by atoms with Gasteiger partial charge in [-0.2, -0.15) is 0 Å². The number of ether oxygens (including phenoxy) is 4. The summed E-state index contributed by atoms with van der Waals surface area (Å²) in [5.74, 6) is 1.96. The molecule has 200 valence electrons. The Labute approximate surface area is 228 Å². The normalized spacial score (nSPS) is 15.3. The Morgan fingerprint density at radius 2 is 1.82 bits per heavy atom. The van der Waals surface area contributed by atoms with E-state index in [4.69, 9.17) is 30.5 Å². The van der Waals surface area contributed by atoms with Gasteiger partial charge in [-0.1, -0.05) is 41.9 Å². The van der Waals surface area contributed by atoms with Crippen LogP contribution >= 0.6 is 11.6 Å². The van der Waals surface area contributed by atoms with Crippen LogP contribution in [-0.4, -0.2) is 30.6 Å². The third kappa shape index (κ3) is 7.42. The lowest BCUT2D eigenvalue weighted by molar-refractivity contribution is -0.109. The first kappa shape index (κ1) is 27.3. The third-order valence-corrected chi connectivity index (χ3v) is 6.29. The van der Waals surface area contributed by atoms with Crippen LogP contribution in [0.2, 0.25) is 5.02 Å². The molecule has 0 radical (unpaired) electrons. The molecule has 0 saturated heterocycles. The lowest BCUT2D eigenvalue weighted by atomic mass is 10.0. The van der Waals surface area contributed by atoms with Crippen LogP contribution in [0.3, 0.4) is 0 Å². The number of carbonyl (C=O) groups is 2. The second kappa shape index (κ2) is 11.8. The molecule has 1 amide bonds. The number of aldehydes is 1. The molecule has 1 unspecified atom stereocenters. The summed E-state index contributed by atoms with van der Waals surface area (Å²) in [5, 5.41) is 3.32. The van der Waals surface area contributed by atoms with Gasteiger partial charge in [-0.25, -0.2) is 4.79 Å². The van der Waals surface area contributed by atoms with Gasteiger partial charge >= 0.3 is 6.09 Å². The van der Waals surface area contributed by atoms with Gasteiger partial charge in [0.2, 0.25) is 0 Å². The minimum atomic E-state index is -0.719. The van der Waals surface area contributed by atoms with Crippen molar-refractivity contribution in [2.24, 2.45) is 0 Å². The molecule has 7 nitrogen and oxygen atoms in total. The van der Waals surface area contributed by atoms with Crippen molar-refractivity contribution in [3.63, 3.8) is 0 Å². The number of amides is 1. The minimum Gasteiger partial charge on any atom is -0.489 e. The van der Waals surface area contributed by atoms with Crippen molar-refractivity contribution < 1.29 is 28.5 Å². The van der Waals surface area contributed by atoms with Gasteiger partial charge in [-0.3, -0.25) is 0 Å². The van der Waals surface area contributed by atoms with E-state index >= 15 is 0 Å². The van der Waals surface area contributed by atoms with Crippen LogP contribution in [0.4, 0.5) is 4.79 Å². The summed E-state index contributed by atoms with van der Waals surface area (Å²) in [5.41, 5.74) is 3.19. The maximum absolute atomic E-state index is 12.0. The highest BCUT2D eigenvalue weighted by Gasteiger charge is 2.24. The minimum absolute atomic E-state index is 0.269. The molecule has 2 atom stereocenters. The van der Waals surface area contributed by atoms with Crippen molar-refractivity contribution in [2.75, 3.05) is 6.61 Å². The monoisotopic (exact) mass is 537 g/mol. The predicted octanol–water partition coefficient (Wildman–Crippen LogP) is 6.37.